The smallest absolute Gasteiger partial charge is 0.00227 e. The molecule has 1 aliphatic rings. The van der Waals surface area contributed by atoms with Crippen molar-refractivity contribution in [1.82, 2.24) is 10.2 Å². The molecule has 1 aromatic carbocycles. The first kappa shape index (κ1) is 15.5. The van der Waals surface area contributed by atoms with Gasteiger partial charge in [-0.25, -0.2) is 0 Å². The van der Waals surface area contributed by atoms with Crippen LogP contribution in [0.4, 0.5) is 0 Å². The van der Waals surface area contributed by atoms with Gasteiger partial charge >= 0.3 is 0 Å². The van der Waals surface area contributed by atoms with Crippen molar-refractivity contribution < 1.29 is 0 Å². The molecule has 1 heterocycles. The van der Waals surface area contributed by atoms with Crippen molar-refractivity contribution in [1.29, 1.82) is 0 Å². The Hall–Kier alpha value is -0.860. The Labute approximate surface area is 124 Å². The van der Waals surface area contributed by atoms with Crippen molar-refractivity contribution in [3.8, 4) is 0 Å². The van der Waals surface area contributed by atoms with Gasteiger partial charge in [0.1, 0.15) is 0 Å². The standard InChI is InChI=1S/C18H30N2/c1-15(2)18(17-7-5-4-6-8-17)14-19-13-16-9-11-20(3)12-10-16/h4-8,15-16,18-19H,9-14H2,1-3H3. The molecule has 2 rings (SSSR count). The summed E-state index contributed by atoms with van der Waals surface area (Å²) in [5, 5.41) is 3.73. The fourth-order valence-electron chi connectivity index (χ4n) is 3.15. The largest absolute Gasteiger partial charge is 0.316 e. The van der Waals surface area contributed by atoms with Crippen LogP contribution >= 0.6 is 0 Å². The van der Waals surface area contributed by atoms with Gasteiger partial charge in [-0.1, -0.05) is 44.2 Å². The van der Waals surface area contributed by atoms with Crippen LogP contribution in [0.1, 0.15) is 38.2 Å². The summed E-state index contributed by atoms with van der Waals surface area (Å²) in [5.74, 6) is 2.18. The number of hydrogen-bond donors (Lipinski definition) is 1. The van der Waals surface area contributed by atoms with Crippen LogP contribution in [-0.4, -0.2) is 38.1 Å². The van der Waals surface area contributed by atoms with E-state index in [9.17, 15) is 0 Å². The number of nitrogens with zero attached hydrogens (tertiary/aromatic N) is 1. The number of piperidine rings is 1. The van der Waals surface area contributed by atoms with E-state index < -0.39 is 0 Å². The lowest BCUT2D eigenvalue weighted by molar-refractivity contribution is 0.215. The van der Waals surface area contributed by atoms with Crippen molar-refractivity contribution in [2.24, 2.45) is 11.8 Å². The second kappa shape index (κ2) is 7.80. The first-order chi connectivity index (χ1) is 9.66. The van der Waals surface area contributed by atoms with Gasteiger partial charge in [0.05, 0.1) is 0 Å². The zero-order valence-electron chi connectivity index (χ0n) is 13.3. The van der Waals surface area contributed by atoms with Gasteiger partial charge in [-0.15, -0.1) is 0 Å². The summed E-state index contributed by atoms with van der Waals surface area (Å²) < 4.78 is 0. The summed E-state index contributed by atoms with van der Waals surface area (Å²) in [6, 6.07) is 10.9. The average molecular weight is 274 g/mol. The number of nitrogens with one attached hydrogen (secondary N) is 1. The molecule has 1 atom stereocenters. The van der Waals surface area contributed by atoms with Crippen LogP contribution in [-0.2, 0) is 0 Å². The zero-order chi connectivity index (χ0) is 14.4. The summed E-state index contributed by atoms with van der Waals surface area (Å²) in [6.07, 6.45) is 2.70. The third-order valence-electron chi connectivity index (χ3n) is 4.67. The molecule has 20 heavy (non-hydrogen) atoms. The summed E-state index contributed by atoms with van der Waals surface area (Å²) in [4.78, 5) is 2.44. The van der Waals surface area contributed by atoms with E-state index in [2.05, 4.69) is 61.4 Å². The second-order valence-corrected chi connectivity index (χ2v) is 6.67. The predicted molar refractivity (Wildman–Crippen MR) is 87.1 cm³/mol. The summed E-state index contributed by atoms with van der Waals surface area (Å²) >= 11 is 0. The number of benzene rings is 1. The summed E-state index contributed by atoms with van der Waals surface area (Å²) in [6.45, 7) is 9.47. The van der Waals surface area contributed by atoms with Gasteiger partial charge in [0, 0.05) is 6.54 Å². The maximum absolute atomic E-state index is 3.73. The second-order valence-electron chi connectivity index (χ2n) is 6.67. The van der Waals surface area contributed by atoms with E-state index in [1.54, 1.807) is 0 Å². The van der Waals surface area contributed by atoms with Crippen molar-refractivity contribution in [2.45, 2.75) is 32.6 Å². The Balaban J connectivity index is 1.78. The lowest BCUT2D eigenvalue weighted by Crippen LogP contribution is -2.36. The van der Waals surface area contributed by atoms with Crippen molar-refractivity contribution in [3.05, 3.63) is 35.9 Å². The van der Waals surface area contributed by atoms with Crippen molar-refractivity contribution >= 4 is 0 Å². The van der Waals surface area contributed by atoms with Crippen LogP contribution in [0.5, 0.6) is 0 Å². The topological polar surface area (TPSA) is 15.3 Å². The average Bonchev–Trinajstić information content (AvgIpc) is 2.46. The van der Waals surface area contributed by atoms with Gasteiger partial charge in [0.15, 0.2) is 0 Å². The molecule has 1 saturated heterocycles. The normalized spacial score (nSPS) is 19.4. The van der Waals surface area contributed by atoms with Crippen LogP contribution in [0.25, 0.3) is 0 Å². The molecule has 0 radical (unpaired) electrons. The first-order valence-electron chi connectivity index (χ1n) is 8.11. The molecule has 112 valence electrons. The van der Waals surface area contributed by atoms with Crippen molar-refractivity contribution in [3.63, 3.8) is 0 Å². The number of likely N-dealkylation sites (tertiary alicyclic amines) is 1. The first-order valence-corrected chi connectivity index (χ1v) is 8.11. The SMILES string of the molecule is CC(C)C(CNCC1CCN(C)CC1)c1ccccc1. The molecule has 2 heteroatoms. The van der Waals surface area contributed by atoms with E-state index in [-0.39, 0.29) is 0 Å². The Bertz CT molecular complexity index is 366. The molecule has 1 unspecified atom stereocenters. The molecule has 1 N–H and O–H groups in total. The summed E-state index contributed by atoms with van der Waals surface area (Å²) in [5.41, 5.74) is 1.47. The van der Waals surface area contributed by atoms with Crippen LogP contribution in [0.2, 0.25) is 0 Å². The van der Waals surface area contributed by atoms with Crippen LogP contribution in [0.3, 0.4) is 0 Å². The molecule has 1 aliphatic heterocycles. The van der Waals surface area contributed by atoms with Gasteiger partial charge in [-0.3, -0.25) is 0 Å². The fourth-order valence-corrected chi connectivity index (χ4v) is 3.15. The molecule has 0 bridgehead atoms. The maximum Gasteiger partial charge on any atom is 0.00227 e. The minimum atomic E-state index is 0.627. The maximum atomic E-state index is 3.73. The monoisotopic (exact) mass is 274 g/mol. The number of hydrogen-bond acceptors (Lipinski definition) is 2. The zero-order valence-corrected chi connectivity index (χ0v) is 13.3. The lowest BCUT2D eigenvalue weighted by Gasteiger charge is -2.30. The van der Waals surface area contributed by atoms with E-state index in [0.29, 0.717) is 11.8 Å². The minimum Gasteiger partial charge on any atom is -0.316 e. The van der Waals surface area contributed by atoms with Crippen molar-refractivity contribution in [2.75, 3.05) is 33.2 Å². The lowest BCUT2D eigenvalue weighted by atomic mass is 9.88. The fraction of sp³-hybridized carbons (Fsp3) is 0.667. The third-order valence-corrected chi connectivity index (χ3v) is 4.67. The Morgan fingerprint density at radius 1 is 1.15 bits per heavy atom. The quantitative estimate of drug-likeness (QED) is 0.856. The van der Waals surface area contributed by atoms with Gasteiger partial charge in [0.2, 0.25) is 0 Å². The highest BCUT2D eigenvalue weighted by atomic mass is 15.1. The minimum absolute atomic E-state index is 0.627. The predicted octanol–water partition coefficient (Wildman–Crippen LogP) is 3.36. The molecule has 0 saturated carbocycles. The molecule has 2 nitrogen and oxygen atoms in total. The Kier molecular flexibility index (Phi) is 6.06. The highest BCUT2D eigenvalue weighted by molar-refractivity contribution is 5.20. The van der Waals surface area contributed by atoms with E-state index in [1.807, 2.05) is 0 Å². The molecule has 0 spiro atoms. The summed E-state index contributed by atoms with van der Waals surface area (Å²) in [7, 11) is 2.23. The van der Waals surface area contributed by atoms with Crippen LogP contribution in [0.15, 0.2) is 30.3 Å². The van der Waals surface area contributed by atoms with Gasteiger partial charge in [0.25, 0.3) is 0 Å². The van der Waals surface area contributed by atoms with Gasteiger partial charge < -0.3 is 10.2 Å². The molecule has 0 aliphatic carbocycles. The molecule has 0 amide bonds. The third kappa shape index (κ3) is 4.60. The molecular formula is C18H30N2. The number of rotatable bonds is 6. The van der Waals surface area contributed by atoms with E-state index in [0.717, 1.165) is 12.5 Å². The Morgan fingerprint density at radius 3 is 2.40 bits per heavy atom. The van der Waals surface area contributed by atoms with E-state index >= 15 is 0 Å². The highest BCUT2D eigenvalue weighted by Crippen LogP contribution is 2.23. The highest BCUT2D eigenvalue weighted by Gasteiger charge is 2.18. The van der Waals surface area contributed by atoms with Crippen LogP contribution in [0, 0.1) is 11.8 Å². The Morgan fingerprint density at radius 2 is 1.80 bits per heavy atom. The molecule has 1 fully saturated rings. The van der Waals surface area contributed by atoms with Gasteiger partial charge in [-0.2, -0.15) is 0 Å². The van der Waals surface area contributed by atoms with E-state index in [4.69, 9.17) is 0 Å². The van der Waals surface area contributed by atoms with E-state index in [1.165, 1.54) is 38.0 Å². The van der Waals surface area contributed by atoms with Gasteiger partial charge in [-0.05, 0) is 62.8 Å². The molecular weight excluding hydrogens is 244 g/mol. The van der Waals surface area contributed by atoms with Crippen LogP contribution < -0.4 is 5.32 Å². The molecule has 1 aromatic rings. The molecule has 0 aromatic heterocycles.